The Hall–Kier alpha value is -2.25. The summed E-state index contributed by atoms with van der Waals surface area (Å²) in [4.78, 5) is 4.59. The lowest BCUT2D eigenvalue weighted by Gasteiger charge is -2.20. The van der Waals surface area contributed by atoms with Crippen LogP contribution in [0, 0.1) is 6.92 Å². The van der Waals surface area contributed by atoms with E-state index in [-0.39, 0.29) is 11.4 Å². The maximum atomic E-state index is 13.1. The van der Waals surface area contributed by atoms with E-state index in [9.17, 15) is 8.42 Å². The quantitative estimate of drug-likeness (QED) is 0.713. The summed E-state index contributed by atoms with van der Waals surface area (Å²) in [6, 6.07) is 7.20. The average molecular weight is 344 g/mol. The Kier molecular flexibility index (Phi) is 4.38. The van der Waals surface area contributed by atoms with Crippen LogP contribution in [0.2, 0.25) is 0 Å². The Labute approximate surface area is 141 Å². The van der Waals surface area contributed by atoms with E-state index in [1.54, 1.807) is 29.2 Å². The zero-order valence-corrected chi connectivity index (χ0v) is 14.8. The first-order chi connectivity index (χ1) is 11.4. The number of hydrogen-bond acceptors (Lipinski definition) is 4. The number of rotatable bonds is 5. The van der Waals surface area contributed by atoms with Gasteiger partial charge in [0.15, 0.2) is 0 Å². The minimum absolute atomic E-state index is 0.241. The number of para-hydroxylation sites is 1. The van der Waals surface area contributed by atoms with Gasteiger partial charge in [-0.25, -0.2) is 8.42 Å². The van der Waals surface area contributed by atoms with Crippen LogP contribution in [-0.4, -0.2) is 34.0 Å². The van der Waals surface area contributed by atoms with Gasteiger partial charge < -0.3 is 0 Å². The molecule has 1 aromatic carbocycles. The number of nitrogens with zero attached hydrogens (tertiary/aromatic N) is 4. The van der Waals surface area contributed by atoms with Crippen molar-refractivity contribution >= 4 is 20.9 Å². The number of pyridine rings is 1. The van der Waals surface area contributed by atoms with Gasteiger partial charge in [-0.2, -0.15) is 9.40 Å². The van der Waals surface area contributed by atoms with Gasteiger partial charge in [-0.1, -0.05) is 19.1 Å². The molecule has 2 heterocycles. The van der Waals surface area contributed by atoms with E-state index in [1.165, 1.54) is 4.31 Å². The average Bonchev–Trinajstić information content (AvgIpc) is 2.96. The third-order valence-corrected chi connectivity index (χ3v) is 5.85. The summed E-state index contributed by atoms with van der Waals surface area (Å²) in [6.07, 6.45) is 5.20. The SMILES string of the molecule is CCN(Cc1cnn(C)c1)S(=O)(=O)c1cccc2cc(C)cnc12. The molecule has 0 saturated heterocycles. The molecule has 0 N–H and O–H groups in total. The predicted molar refractivity (Wildman–Crippen MR) is 93.0 cm³/mol. The second-order valence-electron chi connectivity index (χ2n) is 5.79. The van der Waals surface area contributed by atoms with Crippen molar-refractivity contribution in [3.8, 4) is 0 Å². The van der Waals surface area contributed by atoms with Crippen LogP contribution in [-0.2, 0) is 23.6 Å². The normalized spacial score (nSPS) is 12.2. The third-order valence-electron chi connectivity index (χ3n) is 3.90. The zero-order valence-electron chi connectivity index (χ0n) is 14.0. The van der Waals surface area contributed by atoms with Crippen LogP contribution >= 0.6 is 0 Å². The number of hydrogen-bond donors (Lipinski definition) is 0. The number of benzene rings is 1. The van der Waals surface area contributed by atoms with Crippen LogP contribution in [0.1, 0.15) is 18.1 Å². The molecule has 0 saturated carbocycles. The lowest BCUT2D eigenvalue weighted by atomic mass is 10.2. The van der Waals surface area contributed by atoms with Crippen LogP contribution in [0.4, 0.5) is 0 Å². The summed E-state index contributed by atoms with van der Waals surface area (Å²) in [7, 11) is -1.83. The van der Waals surface area contributed by atoms with E-state index >= 15 is 0 Å². The van der Waals surface area contributed by atoms with Crippen molar-refractivity contribution in [2.45, 2.75) is 25.3 Å². The van der Waals surface area contributed by atoms with Crippen LogP contribution in [0.3, 0.4) is 0 Å². The highest BCUT2D eigenvalue weighted by molar-refractivity contribution is 7.89. The second kappa shape index (κ2) is 6.33. The molecule has 6 nitrogen and oxygen atoms in total. The number of sulfonamides is 1. The maximum absolute atomic E-state index is 13.1. The topological polar surface area (TPSA) is 68.1 Å². The van der Waals surface area contributed by atoms with E-state index < -0.39 is 10.0 Å². The maximum Gasteiger partial charge on any atom is 0.245 e. The van der Waals surface area contributed by atoms with Gasteiger partial charge in [0.25, 0.3) is 0 Å². The molecule has 0 aliphatic rings. The largest absolute Gasteiger partial charge is 0.275 e. The van der Waals surface area contributed by atoms with Crippen molar-refractivity contribution in [3.05, 3.63) is 54.0 Å². The molecule has 3 aromatic rings. The van der Waals surface area contributed by atoms with Crippen molar-refractivity contribution in [2.75, 3.05) is 6.54 Å². The van der Waals surface area contributed by atoms with Gasteiger partial charge in [-0.05, 0) is 24.6 Å². The smallest absolute Gasteiger partial charge is 0.245 e. The van der Waals surface area contributed by atoms with Crippen molar-refractivity contribution in [1.29, 1.82) is 0 Å². The molecule has 3 rings (SSSR count). The summed E-state index contributed by atoms with van der Waals surface area (Å²) in [6.45, 7) is 4.43. The summed E-state index contributed by atoms with van der Waals surface area (Å²) < 4.78 is 29.4. The lowest BCUT2D eigenvalue weighted by Crippen LogP contribution is -2.30. The van der Waals surface area contributed by atoms with E-state index in [1.807, 2.05) is 39.2 Å². The number of aromatic nitrogens is 3. The van der Waals surface area contributed by atoms with Crippen molar-refractivity contribution in [1.82, 2.24) is 19.1 Å². The first kappa shape index (κ1) is 16.6. The molecule has 0 spiro atoms. The number of aryl methyl sites for hydroxylation is 2. The molecule has 0 amide bonds. The van der Waals surface area contributed by atoms with Crippen LogP contribution < -0.4 is 0 Å². The lowest BCUT2D eigenvalue weighted by molar-refractivity contribution is 0.424. The van der Waals surface area contributed by atoms with Gasteiger partial charge in [0.05, 0.1) is 11.7 Å². The Morgan fingerprint density at radius 1 is 1.25 bits per heavy atom. The van der Waals surface area contributed by atoms with Gasteiger partial charge in [0.1, 0.15) is 4.90 Å². The van der Waals surface area contributed by atoms with E-state index in [0.717, 1.165) is 16.5 Å². The second-order valence-corrected chi connectivity index (χ2v) is 7.70. The Morgan fingerprint density at radius 2 is 2.04 bits per heavy atom. The van der Waals surface area contributed by atoms with E-state index in [4.69, 9.17) is 0 Å². The first-order valence-electron chi connectivity index (χ1n) is 7.75. The monoisotopic (exact) mass is 344 g/mol. The molecule has 0 aliphatic heterocycles. The van der Waals surface area contributed by atoms with Gasteiger partial charge in [0.2, 0.25) is 10.0 Å². The highest BCUT2D eigenvalue weighted by atomic mass is 32.2. The van der Waals surface area contributed by atoms with Crippen molar-refractivity contribution in [3.63, 3.8) is 0 Å². The fourth-order valence-electron chi connectivity index (χ4n) is 2.71. The molecule has 2 aromatic heterocycles. The summed E-state index contributed by atoms with van der Waals surface area (Å²) in [5, 5.41) is 4.93. The van der Waals surface area contributed by atoms with Crippen LogP contribution in [0.5, 0.6) is 0 Å². The predicted octanol–water partition coefficient (Wildman–Crippen LogP) is 2.49. The van der Waals surface area contributed by atoms with Gasteiger partial charge in [-0.3, -0.25) is 9.67 Å². The first-order valence-corrected chi connectivity index (χ1v) is 9.19. The van der Waals surface area contributed by atoms with Crippen molar-refractivity contribution in [2.24, 2.45) is 7.05 Å². The van der Waals surface area contributed by atoms with Crippen LogP contribution in [0.25, 0.3) is 10.9 Å². The Morgan fingerprint density at radius 3 is 2.71 bits per heavy atom. The fourth-order valence-corrected chi connectivity index (χ4v) is 4.32. The highest BCUT2D eigenvalue weighted by Crippen LogP contribution is 2.25. The molecule has 24 heavy (non-hydrogen) atoms. The molecule has 0 aliphatic carbocycles. The standard InChI is InChI=1S/C17H20N4O2S/c1-4-21(12-14-10-19-20(3)11-14)24(22,23)16-7-5-6-15-8-13(2)9-18-17(15)16/h5-11H,4,12H2,1-3H3. The fraction of sp³-hybridized carbons (Fsp3) is 0.294. The molecule has 0 atom stereocenters. The number of fused-ring (bicyclic) bond motifs is 1. The minimum Gasteiger partial charge on any atom is -0.275 e. The summed E-state index contributed by atoms with van der Waals surface area (Å²) >= 11 is 0. The molecule has 0 bridgehead atoms. The van der Waals surface area contributed by atoms with E-state index in [0.29, 0.717) is 12.1 Å². The molecule has 0 fully saturated rings. The van der Waals surface area contributed by atoms with E-state index in [2.05, 4.69) is 10.1 Å². The Bertz CT molecular complexity index is 979. The molecule has 0 radical (unpaired) electrons. The summed E-state index contributed by atoms with van der Waals surface area (Å²) in [5.74, 6) is 0. The molecule has 7 heteroatoms. The van der Waals surface area contributed by atoms with Crippen LogP contribution in [0.15, 0.2) is 47.8 Å². The Balaban J connectivity index is 2.05. The molecular formula is C17H20N4O2S. The minimum atomic E-state index is -3.65. The van der Waals surface area contributed by atoms with Crippen molar-refractivity contribution < 1.29 is 8.42 Å². The highest BCUT2D eigenvalue weighted by Gasteiger charge is 2.26. The van der Waals surface area contributed by atoms with Gasteiger partial charge in [-0.15, -0.1) is 0 Å². The summed E-state index contributed by atoms with van der Waals surface area (Å²) in [5.41, 5.74) is 2.36. The zero-order chi connectivity index (χ0) is 17.3. The van der Waals surface area contributed by atoms with Gasteiger partial charge >= 0.3 is 0 Å². The molecular weight excluding hydrogens is 324 g/mol. The van der Waals surface area contributed by atoms with Gasteiger partial charge in [0, 0.05) is 43.5 Å². The third kappa shape index (κ3) is 3.05. The molecule has 0 unspecified atom stereocenters. The molecule has 126 valence electrons.